The normalized spacial score (nSPS) is 15.3. The molecule has 3 unspecified atom stereocenters. The minimum atomic E-state index is -1.12. The molecule has 65 heavy (non-hydrogen) atoms. The lowest BCUT2D eigenvalue weighted by molar-refractivity contribution is -0.149. The first kappa shape index (κ1) is 46.0. The van der Waals surface area contributed by atoms with Gasteiger partial charge in [0, 0.05) is 24.6 Å². The predicted molar refractivity (Wildman–Crippen MR) is 249 cm³/mol. The van der Waals surface area contributed by atoms with Gasteiger partial charge >= 0.3 is 12.1 Å². The van der Waals surface area contributed by atoms with Gasteiger partial charge in [0.25, 0.3) is 5.91 Å². The van der Waals surface area contributed by atoms with Crippen LogP contribution in [0.15, 0.2) is 103 Å². The maximum atomic E-state index is 15.1. The van der Waals surface area contributed by atoms with Crippen LogP contribution >= 0.6 is 0 Å². The van der Waals surface area contributed by atoms with E-state index in [0.717, 1.165) is 81.7 Å². The monoisotopic (exact) mass is 883 g/mol. The number of ether oxygens (including phenoxy) is 1. The number of unbranched alkanes of at least 4 members (excludes halogenated alkanes) is 1. The Labute approximate surface area is 378 Å². The predicted octanol–water partition coefficient (Wildman–Crippen LogP) is 9.35. The number of halogens is 1. The van der Waals surface area contributed by atoms with Crippen LogP contribution in [0.4, 0.5) is 14.1 Å². The van der Waals surface area contributed by atoms with Gasteiger partial charge in [-0.15, -0.1) is 0 Å². The van der Waals surface area contributed by atoms with Gasteiger partial charge in [-0.25, -0.2) is 19.6 Å². The van der Waals surface area contributed by atoms with Crippen LogP contribution in [-0.4, -0.2) is 86.2 Å². The fourth-order valence-electron chi connectivity index (χ4n) is 8.09. The Morgan fingerprint density at radius 2 is 1.48 bits per heavy atom. The Kier molecular flexibility index (Phi) is 15.3. The SMILES string of the molecule is CC.CCC(NC(=O)OC)C(=O)N1CCCC1c1ncc(-c2ccc(-c3ccc4cc(-c5cnc(CCCCN(F)C(=O)C(NC(=O)NC6CC6)c6ccccc6)[nH]5)ccc4c3)cc2)[nH]1. The Morgan fingerprint density at radius 1 is 0.815 bits per heavy atom. The number of benzene rings is 4. The van der Waals surface area contributed by atoms with Crippen LogP contribution in [0.5, 0.6) is 0 Å². The van der Waals surface area contributed by atoms with Gasteiger partial charge in [0.2, 0.25) is 5.91 Å². The van der Waals surface area contributed by atoms with E-state index in [9.17, 15) is 19.2 Å². The second-order valence-electron chi connectivity index (χ2n) is 16.2. The number of aryl methyl sites for hydroxylation is 1. The number of aromatic amines is 2. The maximum Gasteiger partial charge on any atom is 0.407 e. The summed E-state index contributed by atoms with van der Waals surface area (Å²) in [7, 11) is 1.28. The van der Waals surface area contributed by atoms with Crippen LogP contribution < -0.4 is 16.0 Å². The Bertz CT molecular complexity index is 2560. The molecule has 8 rings (SSSR count). The summed E-state index contributed by atoms with van der Waals surface area (Å²) in [6.07, 6.45) is 8.48. The molecule has 15 heteroatoms. The smallest absolute Gasteiger partial charge is 0.407 e. The molecule has 3 atom stereocenters. The number of fused-ring (bicyclic) bond motifs is 1. The third-order valence-electron chi connectivity index (χ3n) is 11.8. The number of likely N-dealkylation sites (tertiary alicyclic amines) is 1. The summed E-state index contributed by atoms with van der Waals surface area (Å²) in [6.45, 7) is 6.35. The van der Waals surface area contributed by atoms with E-state index in [1.54, 1.807) is 47.6 Å². The van der Waals surface area contributed by atoms with Gasteiger partial charge in [0.1, 0.15) is 23.7 Å². The topological polar surface area (TPSA) is 177 Å². The number of carbonyl (C=O) groups excluding carboxylic acids is 4. The zero-order valence-electron chi connectivity index (χ0n) is 37.4. The molecule has 0 radical (unpaired) electrons. The zero-order valence-corrected chi connectivity index (χ0v) is 37.4. The van der Waals surface area contributed by atoms with Gasteiger partial charge in [-0.3, -0.25) is 9.59 Å². The minimum absolute atomic E-state index is 0.104. The van der Waals surface area contributed by atoms with E-state index in [1.807, 2.05) is 20.8 Å². The highest BCUT2D eigenvalue weighted by Gasteiger charge is 2.36. The highest BCUT2D eigenvalue weighted by molar-refractivity contribution is 5.91. The zero-order chi connectivity index (χ0) is 45.9. The number of nitrogens with one attached hydrogen (secondary N) is 5. The van der Waals surface area contributed by atoms with Crippen LogP contribution in [0.3, 0.4) is 0 Å². The van der Waals surface area contributed by atoms with Crippen LogP contribution in [0.1, 0.15) is 95.0 Å². The lowest BCUT2D eigenvalue weighted by atomic mass is 9.98. The number of H-pyrrole nitrogens is 2. The molecule has 1 saturated carbocycles. The summed E-state index contributed by atoms with van der Waals surface area (Å²) in [5.41, 5.74) is 6.39. The van der Waals surface area contributed by atoms with Gasteiger partial charge in [-0.05, 0) is 90.1 Å². The summed E-state index contributed by atoms with van der Waals surface area (Å²) in [6, 6.07) is 27.3. The number of amides is 5. The third kappa shape index (κ3) is 11.4. The van der Waals surface area contributed by atoms with Crippen LogP contribution in [-0.2, 0) is 20.7 Å². The van der Waals surface area contributed by atoms with E-state index in [2.05, 4.69) is 96.5 Å². The van der Waals surface area contributed by atoms with E-state index in [4.69, 9.17) is 4.74 Å². The number of nitrogens with zero attached hydrogens (tertiary/aromatic N) is 4. The molecule has 340 valence electrons. The maximum absolute atomic E-state index is 15.1. The number of aromatic nitrogens is 4. The van der Waals surface area contributed by atoms with Gasteiger partial charge in [0.05, 0.1) is 43.5 Å². The van der Waals surface area contributed by atoms with Crippen molar-refractivity contribution in [2.45, 2.75) is 96.3 Å². The average molecular weight is 884 g/mol. The fraction of sp³-hybridized carbons (Fsp3) is 0.360. The molecule has 14 nitrogen and oxygen atoms in total. The lowest BCUT2D eigenvalue weighted by Gasteiger charge is -2.27. The van der Waals surface area contributed by atoms with Gasteiger partial charge in [-0.1, -0.05) is 104 Å². The summed E-state index contributed by atoms with van der Waals surface area (Å²) < 4.78 is 19.8. The number of urea groups is 1. The molecular weight excluding hydrogens is 826 g/mol. The van der Waals surface area contributed by atoms with Crippen LogP contribution in [0.2, 0.25) is 0 Å². The summed E-state index contributed by atoms with van der Waals surface area (Å²) >= 11 is 0. The Morgan fingerprint density at radius 3 is 2.18 bits per heavy atom. The van der Waals surface area contributed by atoms with E-state index >= 15 is 4.48 Å². The standard InChI is InChI=1S/C48H52FN9O5.C2H6/c1-3-38(55-48(62)63-2)45(59)57-24-9-12-41(57)44-51-29-39(54-44)31-16-14-30(15-17-31)33-18-19-35-27-36(21-20-34(35)26-33)40-28-50-42(53-40)13-7-8-25-58(49)46(60)43(32-10-5-4-6-11-32)56-47(61)52-37-22-23-37;1-2/h4-6,10-11,14-21,26-29,37-38,41,43H,3,7-9,12-13,22-25H2,1-2H3,(H,50,53)(H,51,54)(H,55,62)(H2,52,56,61);1-2H3. The summed E-state index contributed by atoms with van der Waals surface area (Å²) in [5.74, 6) is 0.551. The minimum Gasteiger partial charge on any atom is -0.453 e. The third-order valence-corrected chi connectivity index (χ3v) is 11.8. The molecule has 0 bridgehead atoms. The van der Waals surface area contributed by atoms with Crippen molar-refractivity contribution >= 4 is 34.7 Å². The summed E-state index contributed by atoms with van der Waals surface area (Å²) in [5, 5.41) is 10.5. The number of imidazole rings is 2. The highest BCUT2D eigenvalue weighted by atomic mass is 19.2. The molecule has 0 spiro atoms. The van der Waals surface area contributed by atoms with Crippen LogP contribution in [0.25, 0.3) is 44.4 Å². The molecular formula is C50H58FN9O5. The number of methoxy groups -OCH3 is 1. The second-order valence-corrected chi connectivity index (χ2v) is 16.2. The number of rotatable bonds is 16. The first-order valence-corrected chi connectivity index (χ1v) is 22.6. The van der Waals surface area contributed by atoms with E-state index in [1.165, 1.54) is 7.11 Å². The first-order chi connectivity index (χ1) is 31.7. The van der Waals surface area contributed by atoms with Crippen molar-refractivity contribution in [2.75, 3.05) is 20.2 Å². The summed E-state index contributed by atoms with van der Waals surface area (Å²) in [4.78, 5) is 68.6. The highest BCUT2D eigenvalue weighted by Crippen LogP contribution is 2.34. The van der Waals surface area contributed by atoms with Crippen molar-refractivity contribution in [1.29, 1.82) is 0 Å². The molecule has 2 fully saturated rings. The van der Waals surface area contributed by atoms with E-state index < -0.39 is 30.1 Å². The van der Waals surface area contributed by atoms with Crippen molar-refractivity contribution in [3.05, 3.63) is 121 Å². The molecule has 6 aromatic rings. The molecule has 1 saturated heterocycles. The molecule has 1 aliphatic carbocycles. The molecule has 1 aliphatic heterocycles. The second kappa shape index (κ2) is 21.6. The molecule has 5 amide bonds. The van der Waals surface area contributed by atoms with Crippen molar-refractivity contribution < 1.29 is 28.4 Å². The quantitative estimate of drug-likeness (QED) is 0.0475. The number of alkyl carbamates (subject to hydrolysis) is 1. The van der Waals surface area contributed by atoms with Gasteiger partial charge in [0.15, 0.2) is 0 Å². The van der Waals surface area contributed by atoms with Gasteiger partial charge < -0.3 is 35.6 Å². The Balaban J connectivity index is 0.00000311. The van der Waals surface area contributed by atoms with Crippen LogP contribution in [0, 0.1) is 0 Å². The largest absolute Gasteiger partial charge is 0.453 e. The van der Waals surface area contributed by atoms with E-state index in [0.29, 0.717) is 37.8 Å². The molecule has 3 heterocycles. The Hall–Kier alpha value is -7.03. The number of hydrogen-bond acceptors (Lipinski definition) is 7. The molecule has 2 aliphatic rings. The first-order valence-electron chi connectivity index (χ1n) is 22.6. The van der Waals surface area contributed by atoms with Crippen molar-refractivity contribution in [3.8, 4) is 33.6 Å². The molecule has 4 aromatic carbocycles. The van der Waals surface area contributed by atoms with Crippen molar-refractivity contribution in [3.63, 3.8) is 0 Å². The fourth-order valence-corrected chi connectivity index (χ4v) is 8.09. The average Bonchev–Trinajstić information content (AvgIpc) is 3.68. The number of hydrogen-bond donors (Lipinski definition) is 5. The van der Waals surface area contributed by atoms with Crippen molar-refractivity contribution in [1.82, 2.24) is 45.9 Å². The van der Waals surface area contributed by atoms with Crippen molar-refractivity contribution in [2.24, 2.45) is 0 Å². The van der Waals surface area contributed by atoms with Gasteiger partial charge in [-0.2, -0.15) is 5.12 Å². The number of carbonyl (C=O) groups is 4. The molecule has 2 aromatic heterocycles. The lowest BCUT2D eigenvalue weighted by Crippen LogP contribution is -2.48. The molecule has 5 N–H and O–H groups in total. The van der Waals surface area contributed by atoms with E-state index in [-0.39, 0.29) is 29.7 Å².